The summed E-state index contributed by atoms with van der Waals surface area (Å²) in [6.07, 6.45) is 2.02. The molecule has 0 fully saturated rings. The van der Waals surface area contributed by atoms with Crippen LogP contribution in [-0.2, 0) is 11.2 Å². The van der Waals surface area contributed by atoms with Crippen LogP contribution in [0, 0.1) is 13.8 Å². The van der Waals surface area contributed by atoms with Crippen LogP contribution < -0.4 is 20.7 Å². The van der Waals surface area contributed by atoms with Crippen molar-refractivity contribution < 1.29 is 19.1 Å². The molecule has 2 heterocycles. The molecule has 3 aromatic carbocycles. The highest BCUT2D eigenvalue weighted by Crippen LogP contribution is 2.22. The summed E-state index contributed by atoms with van der Waals surface area (Å²) in [6.45, 7) is 4.23. The Labute approximate surface area is 235 Å². The number of rotatable bonds is 10. The van der Waals surface area contributed by atoms with E-state index in [2.05, 4.69) is 35.9 Å². The number of amides is 3. The number of hydrogen-bond acceptors (Lipinski definition) is 6. The minimum atomic E-state index is -0.587. The van der Waals surface area contributed by atoms with Crippen molar-refractivity contribution in [3.8, 4) is 5.75 Å². The molecule has 0 radical (unpaired) electrons. The maximum Gasteiger partial charge on any atom is 0.276 e. The van der Waals surface area contributed by atoms with Gasteiger partial charge in [0, 0.05) is 18.3 Å². The summed E-state index contributed by atoms with van der Waals surface area (Å²) in [4.78, 5) is 52.2. The number of aryl methyl sites for hydroxylation is 2. The normalized spacial score (nSPS) is 10.8. The van der Waals surface area contributed by atoms with Gasteiger partial charge in [0.1, 0.15) is 11.4 Å². The van der Waals surface area contributed by atoms with Gasteiger partial charge in [-0.25, -0.2) is 9.97 Å². The van der Waals surface area contributed by atoms with Crippen molar-refractivity contribution in [1.82, 2.24) is 25.3 Å². The number of carbonyl (C=O) groups excluding carboxylic acids is 3. The molecule has 0 aliphatic heterocycles. The first-order chi connectivity index (χ1) is 19.9. The molecule has 0 saturated heterocycles. The molecule has 0 aliphatic carbocycles. The first-order valence-electron chi connectivity index (χ1n) is 13.0. The molecule has 41 heavy (non-hydrogen) atoms. The van der Waals surface area contributed by atoms with Gasteiger partial charge >= 0.3 is 0 Å². The maximum atomic E-state index is 13.0. The predicted octanol–water partition coefficient (Wildman–Crippen LogP) is 4.15. The molecule has 0 unspecified atom stereocenters. The number of aromatic nitrogens is 4. The Morgan fingerprint density at radius 2 is 1.76 bits per heavy atom. The van der Waals surface area contributed by atoms with E-state index in [0.29, 0.717) is 29.0 Å². The third-order valence-electron chi connectivity index (χ3n) is 6.35. The molecule has 5 aromatic rings. The van der Waals surface area contributed by atoms with Crippen molar-refractivity contribution in [1.29, 1.82) is 0 Å². The van der Waals surface area contributed by atoms with E-state index in [1.165, 1.54) is 6.33 Å². The Morgan fingerprint density at radius 1 is 0.927 bits per heavy atom. The lowest BCUT2D eigenvalue weighted by molar-refractivity contribution is -0.123. The van der Waals surface area contributed by atoms with E-state index in [1.807, 2.05) is 56.3 Å². The number of nitrogens with zero attached hydrogens (tertiary/aromatic N) is 2. The Balaban J connectivity index is 1.17. The number of hydrogen-bond donors (Lipinski definition) is 5. The quantitative estimate of drug-likeness (QED) is 0.176. The number of benzene rings is 3. The molecule has 11 heteroatoms. The standard InChI is InChI=1S/C30H29N7O4/c1-18-8-10-22(19(2)14-18)34-28(39)26-27(33-17-32-26)29(40)37-30-35-23-11-9-21(15-24(23)36-30)41-16-25(38)31-13-12-20-6-4-3-5-7-20/h3-11,14-15,17H,12-13,16H2,1-2H3,(H,31,38)(H,32,33)(H,34,39)(H2,35,36,37,40). The summed E-state index contributed by atoms with van der Waals surface area (Å²) in [6, 6.07) is 20.6. The smallest absolute Gasteiger partial charge is 0.276 e. The van der Waals surface area contributed by atoms with Gasteiger partial charge in [-0.2, -0.15) is 0 Å². The third-order valence-corrected chi connectivity index (χ3v) is 6.35. The minimum Gasteiger partial charge on any atom is -0.484 e. The first kappa shape index (κ1) is 27.1. The van der Waals surface area contributed by atoms with E-state index in [-0.39, 0.29) is 29.9 Å². The van der Waals surface area contributed by atoms with Crippen molar-refractivity contribution in [2.45, 2.75) is 20.3 Å². The molecular weight excluding hydrogens is 522 g/mol. The molecule has 11 nitrogen and oxygen atoms in total. The van der Waals surface area contributed by atoms with Crippen LogP contribution >= 0.6 is 0 Å². The Hall–Kier alpha value is -5.45. The summed E-state index contributed by atoms with van der Waals surface area (Å²) >= 11 is 0. The second-order valence-electron chi connectivity index (χ2n) is 9.49. The second-order valence-corrected chi connectivity index (χ2v) is 9.49. The number of nitrogens with one attached hydrogen (secondary N) is 5. The van der Waals surface area contributed by atoms with E-state index >= 15 is 0 Å². The highest BCUT2D eigenvalue weighted by molar-refractivity contribution is 6.13. The SMILES string of the molecule is Cc1ccc(NC(=O)c2nc[nH]c2C(=O)Nc2nc3cc(OCC(=O)NCCc4ccccc4)ccc3[nH]2)c(C)c1. The van der Waals surface area contributed by atoms with Crippen molar-refractivity contribution in [2.24, 2.45) is 0 Å². The van der Waals surface area contributed by atoms with Gasteiger partial charge in [0.15, 0.2) is 12.3 Å². The number of aromatic amines is 2. The highest BCUT2D eigenvalue weighted by atomic mass is 16.5. The Bertz CT molecular complexity index is 1710. The molecule has 208 valence electrons. The van der Waals surface area contributed by atoms with E-state index in [9.17, 15) is 14.4 Å². The number of ether oxygens (including phenoxy) is 1. The van der Waals surface area contributed by atoms with Crippen LogP contribution in [0.1, 0.15) is 37.7 Å². The van der Waals surface area contributed by atoms with Gasteiger partial charge in [0.25, 0.3) is 17.7 Å². The van der Waals surface area contributed by atoms with Gasteiger partial charge in [-0.05, 0) is 49.6 Å². The van der Waals surface area contributed by atoms with Crippen LogP contribution in [0.3, 0.4) is 0 Å². The Kier molecular flexibility index (Phi) is 8.05. The average Bonchev–Trinajstić information content (AvgIpc) is 3.61. The van der Waals surface area contributed by atoms with E-state index in [4.69, 9.17) is 4.74 Å². The molecule has 0 saturated carbocycles. The zero-order chi connectivity index (χ0) is 28.8. The lowest BCUT2D eigenvalue weighted by Crippen LogP contribution is -2.30. The summed E-state index contributed by atoms with van der Waals surface area (Å²) < 4.78 is 5.62. The molecule has 5 rings (SSSR count). The van der Waals surface area contributed by atoms with Gasteiger partial charge in [0.05, 0.1) is 17.4 Å². The van der Waals surface area contributed by atoms with Crippen LogP contribution in [0.25, 0.3) is 11.0 Å². The van der Waals surface area contributed by atoms with Crippen LogP contribution in [0.15, 0.2) is 73.1 Å². The minimum absolute atomic E-state index is 0.00461. The average molecular weight is 552 g/mol. The molecule has 0 spiro atoms. The van der Waals surface area contributed by atoms with Gasteiger partial charge < -0.3 is 25.3 Å². The molecular formula is C30H29N7O4. The number of fused-ring (bicyclic) bond motifs is 1. The van der Waals surface area contributed by atoms with Gasteiger partial charge in [-0.1, -0.05) is 48.0 Å². The molecule has 3 amide bonds. The van der Waals surface area contributed by atoms with Crippen molar-refractivity contribution >= 4 is 40.4 Å². The Morgan fingerprint density at radius 3 is 2.56 bits per heavy atom. The first-order valence-corrected chi connectivity index (χ1v) is 13.0. The largest absolute Gasteiger partial charge is 0.484 e. The van der Waals surface area contributed by atoms with Crippen LogP contribution in [-0.4, -0.2) is 50.8 Å². The predicted molar refractivity (Wildman–Crippen MR) is 155 cm³/mol. The van der Waals surface area contributed by atoms with Crippen LogP contribution in [0.5, 0.6) is 5.75 Å². The lowest BCUT2D eigenvalue weighted by Gasteiger charge is -2.09. The van der Waals surface area contributed by atoms with Crippen molar-refractivity contribution in [3.63, 3.8) is 0 Å². The topological polar surface area (TPSA) is 154 Å². The van der Waals surface area contributed by atoms with E-state index in [1.54, 1.807) is 24.3 Å². The maximum absolute atomic E-state index is 13.0. The van der Waals surface area contributed by atoms with E-state index < -0.39 is 11.8 Å². The molecule has 0 bridgehead atoms. The summed E-state index contributed by atoms with van der Waals surface area (Å²) in [5, 5.41) is 8.29. The summed E-state index contributed by atoms with van der Waals surface area (Å²) in [7, 11) is 0. The zero-order valence-electron chi connectivity index (χ0n) is 22.6. The molecule has 2 aromatic heterocycles. The van der Waals surface area contributed by atoms with Crippen molar-refractivity contribution in [2.75, 3.05) is 23.8 Å². The molecule has 0 aliphatic rings. The number of imidazole rings is 2. The molecule has 5 N–H and O–H groups in total. The monoisotopic (exact) mass is 551 g/mol. The number of anilines is 2. The zero-order valence-corrected chi connectivity index (χ0v) is 22.6. The van der Waals surface area contributed by atoms with Crippen molar-refractivity contribution in [3.05, 3.63) is 101 Å². The fraction of sp³-hybridized carbons (Fsp3) is 0.167. The van der Waals surface area contributed by atoms with Gasteiger partial charge in [-0.3, -0.25) is 19.7 Å². The van der Waals surface area contributed by atoms with Crippen LogP contribution in [0.4, 0.5) is 11.6 Å². The fourth-order valence-electron chi connectivity index (χ4n) is 4.27. The summed E-state index contributed by atoms with van der Waals surface area (Å²) in [5.41, 5.74) is 4.88. The number of H-pyrrole nitrogens is 2. The summed E-state index contributed by atoms with van der Waals surface area (Å²) in [5.74, 6) is -0.696. The number of carbonyl (C=O) groups is 3. The third kappa shape index (κ3) is 6.77. The lowest BCUT2D eigenvalue weighted by atomic mass is 10.1. The second kappa shape index (κ2) is 12.2. The fourth-order valence-corrected chi connectivity index (χ4v) is 4.27. The van der Waals surface area contributed by atoms with E-state index in [0.717, 1.165) is 23.1 Å². The van der Waals surface area contributed by atoms with Gasteiger partial charge in [-0.15, -0.1) is 0 Å². The van der Waals surface area contributed by atoms with Crippen LogP contribution in [0.2, 0.25) is 0 Å². The highest BCUT2D eigenvalue weighted by Gasteiger charge is 2.22. The molecule has 0 atom stereocenters. The van der Waals surface area contributed by atoms with Gasteiger partial charge in [0.2, 0.25) is 5.95 Å².